The summed E-state index contributed by atoms with van der Waals surface area (Å²) in [6.07, 6.45) is 6.56. The maximum atomic E-state index is 5.00. The number of rotatable bonds is 6. The molecule has 0 saturated heterocycles. The molecule has 1 aliphatic carbocycles. The van der Waals surface area contributed by atoms with Gasteiger partial charge in [-0.15, -0.1) is 10.2 Å². The van der Waals surface area contributed by atoms with E-state index in [-0.39, 0.29) is 5.41 Å². The Balaban J connectivity index is 1.88. The van der Waals surface area contributed by atoms with Gasteiger partial charge in [0.1, 0.15) is 10.0 Å². The van der Waals surface area contributed by atoms with Gasteiger partial charge in [0.05, 0.1) is 6.61 Å². The summed E-state index contributed by atoms with van der Waals surface area (Å²) in [7, 11) is 1.72. The molecule has 2 rings (SSSR count). The van der Waals surface area contributed by atoms with Gasteiger partial charge in [-0.3, -0.25) is 0 Å². The van der Waals surface area contributed by atoms with E-state index >= 15 is 0 Å². The first-order valence-electron chi connectivity index (χ1n) is 6.77. The van der Waals surface area contributed by atoms with Crippen LogP contribution in [-0.2, 0) is 16.7 Å². The molecule has 0 atom stereocenters. The van der Waals surface area contributed by atoms with Gasteiger partial charge in [-0.05, 0) is 12.8 Å². The molecule has 4 nitrogen and oxygen atoms in total. The average Bonchev–Trinajstić information content (AvgIpc) is 2.85. The summed E-state index contributed by atoms with van der Waals surface area (Å²) in [6.45, 7) is 4.75. The largest absolute Gasteiger partial charge is 0.383 e. The lowest BCUT2D eigenvalue weighted by molar-refractivity contribution is 0.199. The van der Waals surface area contributed by atoms with Gasteiger partial charge >= 0.3 is 0 Å². The third kappa shape index (κ3) is 3.49. The van der Waals surface area contributed by atoms with Gasteiger partial charge in [0, 0.05) is 25.6 Å². The van der Waals surface area contributed by atoms with E-state index < -0.39 is 0 Å². The van der Waals surface area contributed by atoms with Crippen molar-refractivity contribution in [1.29, 1.82) is 0 Å². The van der Waals surface area contributed by atoms with Crippen molar-refractivity contribution in [3.8, 4) is 0 Å². The molecular weight excluding hydrogens is 246 g/mol. The topological polar surface area (TPSA) is 47.0 Å². The zero-order chi connectivity index (χ0) is 12.8. The summed E-state index contributed by atoms with van der Waals surface area (Å²) in [4.78, 5) is 0. The van der Waals surface area contributed by atoms with Crippen molar-refractivity contribution in [2.75, 3.05) is 20.3 Å². The van der Waals surface area contributed by atoms with Crippen LogP contribution in [0.15, 0.2) is 0 Å². The van der Waals surface area contributed by atoms with Crippen LogP contribution < -0.4 is 5.32 Å². The number of aromatic nitrogens is 2. The first-order valence-corrected chi connectivity index (χ1v) is 7.59. The second-order valence-corrected chi connectivity index (χ2v) is 6.35. The predicted molar refractivity (Wildman–Crippen MR) is 73.9 cm³/mol. The van der Waals surface area contributed by atoms with E-state index in [1.54, 1.807) is 18.4 Å². The molecule has 0 amide bonds. The summed E-state index contributed by atoms with van der Waals surface area (Å²) in [5.74, 6) is 0. The monoisotopic (exact) mass is 269 g/mol. The van der Waals surface area contributed by atoms with E-state index in [9.17, 15) is 0 Å². The number of hydrogen-bond acceptors (Lipinski definition) is 5. The van der Waals surface area contributed by atoms with Gasteiger partial charge in [-0.25, -0.2) is 0 Å². The van der Waals surface area contributed by atoms with Crippen molar-refractivity contribution in [2.24, 2.45) is 0 Å². The fourth-order valence-corrected chi connectivity index (χ4v) is 3.50. The fraction of sp³-hybridized carbons (Fsp3) is 0.846. The molecule has 102 valence electrons. The van der Waals surface area contributed by atoms with E-state index in [2.05, 4.69) is 22.4 Å². The number of methoxy groups -OCH3 is 1. The number of ether oxygens (including phenoxy) is 1. The second kappa shape index (κ2) is 6.59. The Morgan fingerprint density at radius 1 is 1.28 bits per heavy atom. The van der Waals surface area contributed by atoms with Crippen LogP contribution in [-0.4, -0.2) is 30.5 Å². The van der Waals surface area contributed by atoms with Crippen LogP contribution in [0.4, 0.5) is 0 Å². The molecule has 0 spiro atoms. The highest BCUT2D eigenvalue weighted by Crippen LogP contribution is 2.39. The lowest BCUT2D eigenvalue weighted by Crippen LogP contribution is -2.24. The van der Waals surface area contributed by atoms with Crippen molar-refractivity contribution < 1.29 is 4.74 Å². The Kier molecular flexibility index (Phi) is 5.09. The Morgan fingerprint density at radius 2 is 2.06 bits per heavy atom. The normalized spacial score (nSPS) is 19.0. The number of nitrogens with one attached hydrogen (secondary N) is 1. The molecule has 1 saturated carbocycles. The van der Waals surface area contributed by atoms with E-state index in [4.69, 9.17) is 4.74 Å². The molecule has 1 fully saturated rings. The SMILES string of the molecule is COCCNCc1nnc(C2(C)CCCCC2)s1. The quantitative estimate of drug-likeness (QED) is 0.806. The summed E-state index contributed by atoms with van der Waals surface area (Å²) < 4.78 is 5.00. The zero-order valence-corrected chi connectivity index (χ0v) is 12.2. The standard InChI is InChI=1S/C13H23N3OS/c1-13(6-4-3-5-7-13)12-16-15-11(18-12)10-14-8-9-17-2/h14H,3-10H2,1-2H3. The van der Waals surface area contributed by atoms with E-state index in [1.807, 2.05) is 0 Å². The molecule has 1 aromatic heterocycles. The highest BCUT2D eigenvalue weighted by Gasteiger charge is 2.32. The minimum absolute atomic E-state index is 0.278. The molecule has 5 heteroatoms. The van der Waals surface area contributed by atoms with Crippen LogP contribution in [0.1, 0.15) is 49.0 Å². The maximum absolute atomic E-state index is 5.00. The van der Waals surface area contributed by atoms with E-state index in [0.717, 1.165) is 24.7 Å². The van der Waals surface area contributed by atoms with Gasteiger partial charge < -0.3 is 10.1 Å². The fourth-order valence-electron chi connectivity index (χ4n) is 2.48. The van der Waals surface area contributed by atoms with Crippen LogP contribution in [0, 0.1) is 0 Å². The Bertz CT molecular complexity index is 361. The summed E-state index contributed by atoms with van der Waals surface area (Å²) >= 11 is 1.77. The molecule has 0 aromatic carbocycles. The smallest absolute Gasteiger partial charge is 0.131 e. The molecule has 1 aromatic rings. The summed E-state index contributed by atoms with van der Waals surface area (Å²) in [5.41, 5.74) is 0.278. The van der Waals surface area contributed by atoms with Gasteiger partial charge in [-0.2, -0.15) is 0 Å². The molecule has 0 unspecified atom stereocenters. The van der Waals surface area contributed by atoms with Gasteiger partial charge in [-0.1, -0.05) is 37.5 Å². The van der Waals surface area contributed by atoms with Gasteiger partial charge in [0.2, 0.25) is 0 Å². The Morgan fingerprint density at radius 3 is 2.78 bits per heavy atom. The van der Waals surface area contributed by atoms with Crippen LogP contribution in [0.5, 0.6) is 0 Å². The molecule has 1 N–H and O–H groups in total. The highest BCUT2D eigenvalue weighted by atomic mass is 32.1. The molecule has 1 aliphatic rings. The van der Waals surface area contributed by atoms with Crippen LogP contribution in [0.2, 0.25) is 0 Å². The third-order valence-electron chi connectivity index (χ3n) is 3.70. The lowest BCUT2D eigenvalue weighted by Gasteiger charge is -2.30. The molecule has 1 heterocycles. The first-order chi connectivity index (χ1) is 8.74. The molecule has 0 bridgehead atoms. The van der Waals surface area contributed by atoms with Crippen molar-refractivity contribution in [3.05, 3.63) is 10.0 Å². The Labute approximate surface area is 113 Å². The zero-order valence-electron chi connectivity index (χ0n) is 11.4. The minimum atomic E-state index is 0.278. The summed E-state index contributed by atoms with van der Waals surface area (Å²) in [5, 5.41) is 14.3. The molecule has 0 radical (unpaired) electrons. The minimum Gasteiger partial charge on any atom is -0.383 e. The predicted octanol–water partition coefficient (Wildman–Crippen LogP) is 2.50. The van der Waals surface area contributed by atoms with Crippen molar-refractivity contribution in [1.82, 2.24) is 15.5 Å². The average molecular weight is 269 g/mol. The van der Waals surface area contributed by atoms with Crippen LogP contribution >= 0.6 is 11.3 Å². The second-order valence-electron chi connectivity index (χ2n) is 5.29. The summed E-state index contributed by atoms with van der Waals surface area (Å²) in [6, 6.07) is 0. The molecule has 18 heavy (non-hydrogen) atoms. The number of hydrogen-bond donors (Lipinski definition) is 1. The van der Waals surface area contributed by atoms with Crippen LogP contribution in [0.25, 0.3) is 0 Å². The van der Waals surface area contributed by atoms with E-state index in [0.29, 0.717) is 0 Å². The van der Waals surface area contributed by atoms with Crippen molar-refractivity contribution in [2.45, 2.75) is 51.0 Å². The molecule has 0 aliphatic heterocycles. The number of nitrogens with zero attached hydrogens (tertiary/aromatic N) is 2. The van der Waals surface area contributed by atoms with Gasteiger partial charge in [0.25, 0.3) is 0 Å². The van der Waals surface area contributed by atoms with Crippen molar-refractivity contribution in [3.63, 3.8) is 0 Å². The first kappa shape index (κ1) is 13.9. The third-order valence-corrected chi connectivity index (χ3v) is 4.93. The van der Waals surface area contributed by atoms with Crippen molar-refractivity contribution >= 4 is 11.3 Å². The maximum Gasteiger partial charge on any atom is 0.131 e. The highest BCUT2D eigenvalue weighted by molar-refractivity contribution is 7.11. The van der Waals surface area contributed by atoms with E-state index in [1.165, 1.54) is 37.1 Å². The molecular formula is C13H23N3OS. The van der Waals surface area contributed by atoms with Gasteiger partial charge in [0.15, 0.2) is 0 Å². The van der Waals surface area contributed by atoms with Crippen LogP contribution in [0.3, 0.4) is 0 Å². The Hall–Kier alpha value is -0.520. The lowest BCUT2D eigenvalue weighted by atomic mass is 9.76.